The number of amides is 1. The van der Waals surface area contributed by atoms with E-state index in [4.69, 9.17) is 0 Å². The zero-order chi connectivity index (χ0) is 16.8. The highest BCUT2D eigenvalue weighted by atomic mass is 19.1. The normalized spacial score (nSPS) is 18.5. The van der Waals surface area contributed by atoms with E-state index in [9.17, 15) is 9.18 Å². The fourth-order valence-electron chi connectivity index (χ4n) is 3.30. The number of benzene rings is 1. The fraction of sp³-hybridized carbons (Fsp3) is 0.222. The van der Waals surface area contributed by atoms with Crippen molar-refractivity contribution in [2.45, 2.75) is 12.3 Å². The number of aromatic nitrogens is 2. The largest absolute Gasteiger partial charge is 0.377 e. The topological polar surface area (TPSA) is 61.0 Å². The molecule has 1 aliphatic carbocycles. The number of nitrogens with one attached hydrogen (secondary N) is 2. The standard InChI is InChI=1S/C18H17FN4O/c1-23(2)14-8-11(19)6-7-12(14)13-9-15(24)20-18-16(13)17(21-22-18)10-4-3-5-10/h3-8,13H,9H2,1-2H3,(H2,20,21,22,24). The molecular weight excluding hydrogens is 307 g/mol. The van der Waals surface area contributed by atoms with Gasteiger partial charge >= 0.3 is 0 Å². The van der Waals surface area contributed by atoms with Crippen molar-refractivity contribution in [2.75, 3.05) is 24.3 Å². The molecule has 1 aliphatic heterocycles. The number of H-pyrrole nitrogens is 1. The predicted molar refractivity (Wildman–Crippen MR) is 91.5 cm³/mol. The van der Waals surface area contributed by atoms with E-state index in [0.29, 0.717) is 12.2 Å². The van der Waals surface area contributed by atoms with Crippen molar-refractivity contribution in [3.8, 4) is 0 Å². The van der Waals surface area contributed by atoms with Crippen molar-refractivity contribution in [1.29, 1.82) is 0 Å². The quantitative estimate of drug-likeness (QED) is 0.912. The van der Waals surface area contributed by atoms with E-state index in [2.05, 4.69) is 15.5 Å². The molecule has 0 fully saturated rings. The average Bonchev–Trinajstić information content (AvgIpc) is 2.88. The van der Waals surface area contributed by atoms with Crippen LogP contribution in [0.2, 0.25) is 0 Å². The van der Waals surface area contributed by atoms with Gasteiger partial charge in [0.2, 0.25) is 5.91 Å². The summed E-state index contributed by atoms with van der Waals surface area (Å²) in [6, 6.07) is 4.71. The van der Waals surface area contributed by atoms with Gasteiger partial charge in [0.05, 0.1) is 5.69 Å². The van der Waals surface area contributed by atoms with Gasteiger partial charge in [-0.3, -0.25) is 9.89 Å². The minimum Gasteiger partial charge on any atom is -0.377 e. The number of hydrogen-bond donors (Lipinski definition) is 2. The van der Waals surface area contributed by atoms with Crippen molar-refractivity contribution in [1.82, 2.24) is 10.2 Å². The third kappa shape index (κ3) is 2.22. The van der Waals surface area contributed by atoms with E-state index in [1.807, 2.05) is 37.2 Å². The molecule has 6 heteroatoms. The van der Waals surface area contributed by atoms with Crippen LogP contribution in [0.1, 0.15) is 29.2 Å². The minimum absolute atomic E-state index is 0.0855. The Kier molecular flexibility index (Phi) is 3.26. The minimum atomic E-state index is -0.292. The zero-order valence-electron chi connectivity index (χ0n) is 13.4. The molecule has 2 N–H and O–H groups in total. The van der Waals surface area contributed by atoms with Crippen molar-refractivity contribution in [3.63, 3.8) is 0 Å². The number of hydrogen-bond acceptors (Lipinski definition) is 3. The molecule has 1 amide bonds. The summed E-state index contributed by atoms with van der Waals surface area (Å²) < 4.78 is 13.7. The van der Waals surface area contributed by atoms with E-state index in [-0.39, 0.29) is 17.6 Å². The van der Waals surface area contributed by atoms with E-state index in [1.54, 1.807) is 6.07 Å². The summed E-state index contributed by atoms with van der Waals surface area (Å²) in [4.78, 5) is 14.0. The maximum atomic E-state index is 13.7. The summed E-state index contributed by atoms with van der Waals surface area (Å²) in [5.41, 5.74) is 4.61. The van der Waals surface area contributed by atoms with Gasteiger partial charge in [0, 0.05) is 37.7 Å². The first kappa shape index (κ1) is 14.7. The summed E-state index contributed by atoms with van der Waals surface area (Å²) >= 11 is 0. The lowest BCUT2D eigenvalue weighted by atomic mass is 9.82. The number of nitrogens with zero attached hydrogens (tertiary/aromatic N) is 2. The van der Waals surface area contributed by atoms with Gasteiger partial charge in [-0.15, -0.1) is 0 Å². The molecule has 2 aliphatic rings. The van der Waals surface area contributed by atoms with Crippen molar-refractivity contribution in [2.24, 2.45) is 0 Å². The second kappa shape index (κ2) is 5.33. The van der Waals surface area contributed by atoms with Gasteiger partial charge < -0.3 is 10.2 Å². The number of halogens is 1. The molecule has 1 aromatic heterocycles. The molecule has 0 bridgehead atoms. The predicted octanol–water partition coefficient (Wildman–Crippen LogP) is 3.04. The molecule has 0 radical (unpaired) electrons. The van der Waals surface area contributed by atoms with Gasteiger partial charge in [-0.2, -0.15) is 5.10 Å². The molecule has 2 aromatic rings. The molecular formula is C18H17FN4O. The third-order valence-electron chi connectivity index (χ3n) is 4.49. The van der Waals surface area contributed by atoms with Crippen LogP contribution in [-0.2, 0) is 4.79 Å². The van der Waals surface area contributed by atoms with Crippen molar-refractivity contribution < 1.29 is 9.18 Å². The van der Waals surface area contributed by atoms with E-state index in [0.717, 1.165) is 28.1 Å². The van der Waals surface area contributed by atoms with Crippen LogP contribution in [0.5, 0.6) is 0 Å². The lowest BCUT2D eigenvalue weighted by Gasteiger charge is -2.28. The molecule has 4 rings (SSSR count). The molecule has 1 aromatic carbocycles. The van der Waals surface area contributed by atoms with Crippen LogP contribution >= 0.6 is 0 Å². The summed E-state index contributed by atoms with van der Waals surface area (Å²) in [5, 5.41) is 10.1. The maximum absolute atomic E-state index is 13.7. The summed E-state index contributed by atoms with van der Waals surface area (Å²) in [6.45, 7) is 0. The third-order valence-corrected chi connectivity index (χ3v) is 4.49. The summed E-state index contributed by atoms with van der Waals surface area (Å²) in [7, 11) is 3.74. The van der Waals surface area contributed by atoms with Crippen LogP contribution in [0.4, 0.5) is 15.9 Å². The van der Waals surface area contributed by atoms with Crippen LogP contribution < -0.4 is 10.2 Å². The zero-order valence-corrected chi connectivity index (χ0v) is 13.4. The van der Waals surface area contributed by atoms with E-state index < -0.39 is 0 Å². The SMILES string of the molecule is CN(C)c1cc(F)ccc1C1CC(=O)Nc2n[nH]c(C3=CC=C3)c21. The monoisotopic (exact) mass is 324 g/mol. The van der Waals surface area contributed by atoms with Crippen LogP contribution in [0.25, 0.3) is 5.57 Å². The van der Waals surface area contributed by atoms with E-state index in [1.165, 1.54) is 12.1 Å². The van der Waals surface area contributed by atoms with Gasteiger partial charge in [-0.05, 0) is 23.3 Å². The second-order valence-corrected chi connectivity index (χ2v) is 6.24. The maximum Gasteiger partial charge on any atom is 0.226 e. The second-order valence-electron chi connectivity index (χ2n) is 6.24. The van der Waals surface area contributed by atoms with Crippen molar-refractivity contribution >= 4 is 23.0 Å². The number of fused-ring (bicyclic) bond motifs is 1. The molecule has 1 unspecified atom stereocenters. The van der Waals surface area contributed by atoms with Gasteiger partial charge in [-0.1, -0.05) is 24.3 Å². The first-order valence-electron chi connectivity index (χ1n) is 7.78. The average molecular weight is 324 g/mol. The van der Waals surface area contributed by atoms with Gasteiger partial charge in [0.1, 0.15) is 5.82 Å². The molecule has 5 nitrogen and oxygen atoms in total. The number of rotatable bonds is 3. The Balaban J connectivity index is 1.89. The van der Waals surface area contributed by atoms with Crippen molar-refractivity contribution in [3.05, 3.63) is 59.1 Å². The Morgan fingerprint density at radius 2 is 2.12 bits per heavy atom. The Bertz CT molecular complexity index is 894. The number of anilines is 2. The Morgan fingerprint density at radius 1 is 1.33 bits per heavy atom. The number of allylic oxidation sites excluding steroid dienone is 4. The summed E-state index contributed by atoms with van der Waals surface area (Å²) in [6.07, 6.45) is 6.27. The van der Waals surface area contributed by atoms with Crippen LogP contribution in [0, 0.1) is 5.82 Å². The van der Waals surface area contributed by atoms with E-state index >= 15 is 0 Å². The van der Waals surface area contributed by atoms with Gasteiger partial charge in [-0.25, -0.2) is 4.39 Å². The number of aromatic amines is 1. The lowest BCUT2D eigenvalue weighted by molar-refractivity contribution is -0.116. The Morgan fingerprint density at radius 3 is 2.79 bits per heavy atom. The first-order valence-corrected chi connectivity index (χ1v) is 7.78. The molecule has 122 valence electrons. The lowest BCUT2D eigenvalue weighted by Crippen LogP contribution is -2.25. The Labute approximate surface area is 138 Å². The highest BCUT2D eigenvalue weighted by molar-refractivity contribution is 5.96. The summed E-state index contributed by atoms with van der Waals surface area (Å²) in [5.74, 6) is 0.00887. The Hall–Kier alpha value is -2.89. The number of carbonyl (C=O) groups is 1. The first-order chi connectivity index (χ1) is 11.5. The van der Waals surface area contributed by atoms with Crippen LogP contribution in [0.3, 0.4) is 0 Å². The molecule has 1 atom stereocenters. The molecule has 2 heterocycles. The highest BCUT2D eigenvalue weighted by Gasteiger charge is 2.34. The highest BCUT2D eigenvalue weighted by Crippen LogP contribution is 2.43. The van der Waals surface area contributed by atoms with Gasteiger partial charge in [0.15, 0.2) is 5.82 Å². The van der Waals surface area contributed by atoms with Crippen LogP contribution in [0.15, 0.2) is 36.4 Å². The molecule has 24 heavy (non-hydrogen) atoms. The molecule has 0 saturated heterocycles. The smallest absolute Gasteiger partial charge is 0.226 e. The van der Waals surface area contributed by atoms with Gasteiger partial charge in [0.25, 0.3) is 0 Å². The fourth-order valence-corrected chi connectivity index (χ4v) is 3.30. The number of carbonyl (C=O) groups excluding carboxylic acids is 1. The van der Waals surface area contributed by atoms with Crippen LogP contribution in [-0.4, -0.2) is 30.2 Å². The molecule has 0 saturated carbocycles. The molecule has 0 spiro atoms.